The highest BCUT2D eigenvalue weighted by Crippen LogP contribution is 2.12. The largest absolute Gasteiger partial charge is 0.295 e. The molecule has 1 nitrogen and oxygen atoms in total. The average molecular weight is 228 g/mol. The van der Waals surface area contributed by atoms with Crippen molar-refractivity contribution < 1.29 is 9.18 Å². The molecule has 2 aromatic rings. The lowest BCUT2D eigenvalue weighted by atomic mass is 10.0. The van der Waals surface area contributed by atoms with Crippen molar-refractivity contribution in [2.75, 3.05) is 0 Å². The summed E-state index contributed by atoms with van der Waals surface area (Å²) in [6, 6.07) is 14.0. The molecule has 0 aliphatic rings. The van der Waals surface area contributed by atoms with Crippen LogP contribution in [0.5, 0.6) is 0 Å². The summed E-state index contributed by atoms with van der Waals surface area (Å²) in [7, 11) is 0. The molecule has 0 amide bonds. The highest BCUT2D eigenvalue weighted by Gasteiger charge is 2.00. The standard InChI is InChI=1S/C15H13FO/c1-11(17)14-6-2-12(3-7-14)10-13-4-8-15(16)9-5-13/h2-9H,10H2,1H3. The minimum atomic E-state index is -0.222. The van der Waals surface area contributed by atoms with Crippen molar-refractivity contribution in [1.29, 1.82) is 0 Å². The summed E-state index contributed by atoms with van der Waals surface area (Å²) < 4.78 is 12.7. The fourth-order valence-corrected chi connectivity index (χ4v) is 1.70. The topological polar surface area (TPSA) is 17.1 Å². The fraction of sp³-hybridized carbons (Fsp3) is 0.133. The van der Waals surface area contributed by atoms with Gasteiger partial charge in [0.1, 0.15) is 5.82 Å². The third-order valence-corrected chi connectivity index (χ3v) is 2.68. The minimum Gasteiger partial charge on any atom is -0.295 e. The summed E-state index contributed by atoms with van der Waals surface area (Å²) in [4.78, 5) is 11.1. The van der Waals surface area contributed by atoms with E-state index >= 15 is 0 Å². The number of carbonyl (C=O) groups is 1. The number of carbonyl (C=O) groups excluding carboxylic acids is 1. The Morgan fingerprint density at radius 3 is 1.88 bits per heavy atom. The second-order valence-electron chi connectivity index (χ2n) is 4.06. The molecule has 0 aliphatic carbocycles. The average Bonchev–Trinajstić information content (AvgIpc) is 2.33. The number of hydrogen-bond donors (Lipinski definition) is 0. The van der Waals surface area contributed by atoms with E-state index in [-0.39, 0.29) is 11.6 Å². The van der Waals surface area contributed by atoms with Gasteiger partial charge in [0, 0.05) is 5.56 Å². The molecule has 0 aliphatic heterocycles. The first-order chi connectivity index (χ1) is 8.15. The van der Waals surface area contributed by atoms with Crippen LogP contribution in [-0.4, -0.2) is 5.78 Å². The van der Waals surface area contributed by atoms with Crippen LogP contribution in [0.4, 0.5) is 4.39 Å². The summed E-state index contributed by atoms with van der Waals surface area (Å²) >= 11 is 0. The zero-order valence-electron chi connectivity index (χ0n) is 9.61. The van der Waals surface area contributed by atoms with E-state index in [1.165, 1.54) is 12.1 Å². The second-order valence-corrected chi connectivity index (χ2v) is 4.06. The molecule has 0 heterocycles. The lowest BCUT2D eigenvalue weighted by Gasteiger charge is -2.03. The normalized spacial score (nSPS) is 10.2. The van der Waals surface area contributed by atoms with Gasteiger partial charge >= 0.3 is 0 Å². The molecule has 0 unspecified atom stereocenters. The van der Waals surface area contributed by atoms with Gasteiger partial charge in [0.05, 0.1) is 0 Å². The Bertz CT molecular complexity index is 512. The lowest BCUT2D eigenvalue weighted by molar-refractivity contribution is 0.101. The van der Waals surface area contributed by atoms with Gasteiger partial charge in [-0.25, -0.2) is 4.39 Å². The summed E-state index contributed by atoms with van der Waals surface area (Å²) in [6.45, 7) is 1.55. The summed E-state index contributed by atoms with van der Waals surface area (Å²) in [6.07, 6.45) is 0.748. The molecular formula is C15H13FO. The molecule has 17 heavy (non-hydrogen) atoms. The number of Topliss-reactive ketones (excluding diaryl/α,β-unsaturated/α-hetero) is 1. The molecule has 0 spiro atoms. The first-order valence-corrected chi connectivity index (χ1v) is 5.49. The van der Waals surface area contributed by atoms with E-state index in [1.54, 1.807) is 19.1 Å². The molecule has 0 atom stereocenters. The van der Waals surface area contributed by atoms with Crippen LogP contribution in [-0.2, 0) is 6.42 Å². The molecule has 2 rings (SSSR count). The molecule has 0 bridgehead atoms. The highest BCUT2D eigenvalue weighted by molar-refractivity contribution is 5.94. The summed E-state index contributed by atoms with van der Waals surface area (Å²) in [5.41, 5.74) is 2.89. The predicted octanol–water partition coefficient (Wildman–Crippen LogP) is 3.62. The van der Waals surface area contributed by atoms with Crippen LogP contribution in [0, 0.1) is 5.82 Å². The smallest absolute Gasteiger partial charge is 0.159 e. The van der Waals surface area contributed by atoms with Gasteiger partial charge in [0.25, 0.3) is 0 Å². The number of rotatable bonds is 3. The van der Waals surface area contributed by atoms with Crippen molar-refractivity contribution >= 4 is 5.78 Å². The third-order valence-electron chi connectivity index (χ3n) is 2.68. The summed E-state index contributed by atoms with van der Waals surface area (Å²) in [5.74, 6) is -0.154. The van der Waals surface area contributed by atoms with Gasteiger partial charge in [-0.15, -0.1) is 0 Å². The van der Waals surface area contributed by atoms with Gasteiger partial charge in [-0.3, -0.25) is 4.79 Å². The molecule has 0 radical (unpaired) electrons. The Hall–Kier alpha value is -1.96. The molecule has 0 saturated carbocycles. The molecule has 2 heteroatoms. The number of hydrogen-bond acceptors (Lipinski definition) is 1. The molecule has 0 fully saturated rings. The van der Waals surface area contributed by atoms with Crippen LogP contribution in [0.15, 0.2) is 48.5 Å². The minimum absolute atomic E-state index is 0.0679. The molecular weight excluding hydrogens is 215 g/mol. The molecule has 0 N–H and O–H groups in total. The van der Waals surface area contributed by atoms with Crippen molar-refractivity contribution in [1.82, 2.24) is 0 Å². The van der Waals surface area contributed by atoms with Crippen molar-refractivity contribution in [3.63, 3.8) is 0 Å². The Kier molecular flexibility index (Phi) is 3.33. The maximum absolute atomic E-state index is 12.7. The third kappa shape index (κ3) is 3.00. The fourth-order valence-electron chi connectivity index (χ4n) is 1.70. The van der Waals surface area contributed by atoms with Gasteiger partial charge in [-0.2, -0.15) is 0 Å². The number of benzene rings is 2. The van der Waals surface area contributed by atoms with E-state index < -0.39 is 0 Å². The van der Waals surface area contributed by atoms with E-state index in [0.29, 0.717) is 5.56 Å². The zero-order valence-corrected chi connectivity index (χ0v) is 9.61. The highest BCUT2D eigenvalue weighted by atomic mass is 19.1. The van der Waals surface area contributed by atoms with Crippen molar-refractivity contribution in [2.24, 2.45) is 0 Å². The van der Waals surface area contributed by atoms with Crippen LogP contribution < -0.4 is 0 Å². The predicted molar refractivity (Wildman–Crippen MR) is 65.7 cm³/mol. The van der Waals surface area contributed by atoms with Crippen LogP contribution >= 0.6 is 0 Å². The maximum Gasteiger partial charge on any atom is 0.159 e. The Balaban J connectivity index is 2.13. The molecule has 2 aromatic carbocycles. The van der Waals surface area contributed by atoms with E-state index in [2.05, 4.69) is 0 Å². The molecule has 86 valence electrons. The zero-order chi connectivity index (χ0) is 12.3. The van der Waals surface area contributed by atoms with E-state index in [4.69, 9.17) is 0 Å². The second kappa shape index (κ2) is 4.91. The van der Waals surface area contributed by atoms with Gasteiger partial charge in [-0.05, 0) is 36.6 Å². The molecule has 0 saturated heterocycles. The van der Waals surface area contributed by atoms with Crippen molar-refractivity contribution in [3.8, 4) is 0 Å². The number of halogens is 1. The van der Waals surface area contributed by atoms with Crippen LogP contribution in [0.3, 0.4) is 0 Å². The van der Waals surface area contributed by atoms with E-state index in [9.17, 15) is 9.18 Å². The Morgan fingerprint density at radius 1 is 0.941 bits per heavy atom. The van der Waals surface area contributed by atoms with E-state index in [1.807, 2.05) is 24.3 Å². The van der Waals surface area contributed by atoms with Gasteiger partial charge in [0.15, 0.2) is 5.78 Å². The summed E-state index contributed by atoms with van der Waals surface area (Å²) in [5, 5.41) is 0. The SMILES string of the molecule is CC(=O)c1ccc(Cc2ccc(F)cc2)cc1. The van der Waals surface area contributed by atoms with Crippen molar-refractivity contribution in [2.45, 2.75) is 13.3 Å². The van der Waals surface area contributed by atoms with Crippen molar-refractivity contribution in [3.05, 3.63) is 71.0 Å². The first-order valence-electron chi connectivity index (χ1n) is 5.49. The lowest BCUT2D eigenvalue weighted by Crippen LogP contribution is -1.93. The van der Waals surface area contributed by atoms with Crippen LogP contribution in [0.25, 0.3) is 0 Å². The Labute approximate surface area is 99.9 Å². The van der Waals surface area contributed by atoms with E-state index in [0.717, 1.165) is 17.5 Å². The number of ketones is 1. The van der Waals surface area contributed by atoms with Gasteiger partial charge in [0.2, 0.25) is 0 Å². The quantitative estimate of drug-likeness (QED) is 0.733. The van der Waals surface area contributed by atoms with Crippen LogP contribution in [0.2, 0.25) is 0 Å². The van der Waals surface area contributed by atoms with Gasteiger partial charge < -0.3 is 0 Å². The first kappa shape index (κ1) is 11.5. The Morgan fingerprint density at radius 2 is 1.41 bits per heavy atom. The maximum atomic E-state index is 12.7. The molecule has 0 aromatic heterocycles. The van der Waals surface area contributed by atoms with Crippen LogP contribution in [0.1, 0.15) is 28.4 Å². The monoisotopic (exact) mass is 228 g/mol. The van der Waals surface area contributed by atoms with Gasteiger partial charge in [-0.1, -0.05) is 36.4 Å².